The highest BCUT2D eigenvalue weighted by Gasteiger charge is 2.42. The lowest BCUT2D eigenvalue weighted by Crippen LogP contribution is -2.46. The highest BCUT2D eigenvalue weighted by molar-refractivity contribution is 5.77. The maximum Gasteiger partial charge on any atom is 0.411 e. The first-order valence-electron chi connectivity index (χ1n) is 7.37. The Morgan fingerprint density at radius 3 is 2.35 bits per heavy atom. The average molecular weight is 319 g/mol. The summed E-state index contributed by atoms with van der Waals surface area (Å²) >= 11 is 0. The molecule has 2 N–H and O–H groups in total. The predicted octanol–water partition coefficient (Wildman–Crippen LogP) is 3.12. The number of carbonyl (C=O) groups is 2. The van der Waals surface area contributed by atoms with Crippen molar-refractivity contribution in [3.63, 3.8) is 0 Å². The quantitative estimate of drug-likeness (QED) is 0.874. The molecule has 2 rings (SSSR count). The minimum atomic E-state index is -1.22. The summed E-state index contributed by atoms with van der Waals surface area (Å²) in [5.74, 6) is -2.66. The lowest BCUT2D eigenvalue weighted by molar-refractivity contribution is -0.144. The Morgan fingerprint density at radius 1 is 1.22 bits per heavy atom. The molecule has 0 bridgehead atoms. The van der Waals surface area contributed by atoms with Crippen molar-refractivity contribution in [1.82, 2.24) is 4.90 Å². The maximum atomic E-state index is 12.5. The van der Waals surface area contributed by atoms with Gasteiger partial charge in [-0.2, -0.15) is 0 Å². The van der Waals surface area contributed by atoms with Crippen molar-refractivity contribution >= 4 is 12.1 Å². The number of rotatable bonds is 2. The smallest absolute Gasteiger partial charge is 0.411 e. The van der Waals surface area contributed by atoms with Crippen LogP contribution >= 0.6 is 0 Å². The van der Waals surface area contributed by atoms with E-state index >= 15 is 0 Å². The van der Waals surface area contributed by atoms with Crippen molar-refractivity contribution < 1.29 is 24.5 Å². The number of ether oxygens (including phenoxy) is 1. The number of carbonyl (C=O) groups excluding carboxylic acids is 1. The molecule has 0 spiro atoms. The van der Waals surface area contributed by atoms with Gasteiger partial charge in [0.1, 0.15) is 17.3 Å². The molecule has 1 aromatic rings. The molecular weight excluding hydrogens is 298 g/mol. The molecule has 0 aromatic heterocycles. The monoisotopic (exact) mass is 319 g/mol. The van der Waals surface area contributed by atoms with Crippen molar-refractivity contribution in [2.75, 3.05) is 6.54 Å². The van der Waals surface area contributed by atoms with E-state index in [1.165, 1.54) is 11.0 Å². The molecule has 0 aliphatic carbocycles. The number of aliphatic carboxylic acids is 1. The summed E-state index contributed by atoms with van der Waals surface area (Å²) in [5.41, 5.74) is -0.0642. The third kappa shape index (κ3) is 3.83. The lowest BCUT2D eigenvalue weighted by atomic mass is 9.87. The SMILES string of the molecule is CC(C)(C)OC(=O)N1CC=C(O)C(C(=O)O)[C@H]1c1ccccc1. The number of benzene rings is 1. The molecule has 1 aromatic carbocycles. The van der Waals surface area contributed by atoms with Gasteiger partial charge in [0.25, 0.3) is 0 Å². The fourth-order valence-corrected chi connectivity index (χ4v) is 2.57. The highest BCUT2D eigenvalue weighted by Crippen LogP contribution is 2.37. The molecular formula is C17H21NO5. The molecule has 1 heterocycles. The Morgan fingerprint density at radius 2 is 1.83 bits per heavy atom. The van der Waals surface area contributed by atoms with Crippen LogP contribution in [0.4, 0.5) is 4.79 Å². The predicted molar refractivity (Wildman–Crippen MR) is 84.0 cm³/mol. The summed E-state index contributed by atoms with van der Waals surface area (Å²) in [5, 5.41) is 19.5. The minimum absolute atomic E-state index is 0.0874. The molecule has 0 radical (unpaired) electrons. The van der Waals surface area contributed by atoms with E-state index < -0.39 is 29.6 Å². The summed E-state index contributed by atoms with van der Waals surface area (Å²) in [4.78, 5) is 25.4. The highest BCUT2D eigenvalue weighted by atomic mass is 16.6. The van der Waals surface area contributed by atoms with Crippen LogP contribution in [0.1, 0.15) is 32.4 Å². The average Bonchev–Trinajstić information content (AvgIpc) is 2.45. The zero-order valence-electron chi connectivity index (χ0n) is 13.4. The van der Waals surface area contributed by atoms with Crippen LogP contribution < -0.4 is 0 Å². The van der Waals surface area contributed by atoms with Gasteiger partial charge in [-0.1, -0.05) is 30.3 Å². The molecule has 6 heteroatoms. The zero-order valence-corrected chi connectivity index (χ0v) is 13.4. The largest absolute Gasteiger partial charge is 0.512 e. The second-order valence-corrected chi connectivity index (χ2v) is 6.43. The Labute approximate surface area is 135 Å². The molecule has 2 atom stereocenters. The van der Waals surface area contributed by atoms with Gasteiger partial charge in [-0.25, -0.2) is 4.79 Å². The Kier molecular flexibility index (Phi) is 4.63. The number of carboxylic acids is 1. The van der Waals surface area contributed by atoms with Gasteiger partial charge in [-0.05, 0) is 32.4 Å². The van der Waals surface area contributed by atoms with Crippen LogP contribution in [-0.2, 0) is 9.53 Å². The summed E-state index contributed by atoms with van der Waals surface area (Å²) < 4.78 is 5.38. The molecule has 124 valence electrons. The van der Waals surface area contributed by atoms with E-state index in [1.807, 2.05) is 0 Å². The van der Waals surface area contributed by atoms with E-state index in [-0.39, 0.29) is 12.3 Å². The van der Waals surface area contributed by atoms with Gasteiger partial charge >= 0.3 is 12.1 Å². The summed E-state index contributed by atoms with van der Waals surface area (Å²) in [6.07, 6.45) is 0.726. The first kappa shape index (κ1) is 16.9. The van der Waals surface area contributed by atoms with Crippen LogP contribution in [0.25, 0.3) is 0 Å². The van der Waals surface area contributed by atoms with E-state index in [0.29, 0.717) is 5.56 Å². The van der Waals surface area contributed by atoms with E-state index in [2.05, 4.69) is 0 Å². The molecule has 0 saturated carbocycles. The number of hydrogen-bond donors (Lipinski definition) is 2. The van der Waals surface area contributed by atoms with Gasteiger partial charge in [-0.15, -0.1) is 0 Å². The fraction of sp³-hybridized carbons (Fsp3) is 0.412. The molecule has 1 amide bonds. The van der Waals surface area contributed by atoms with Crippen LogP contribution in [0.3, 0.4) is 0 Å². The van der Waals surface area contributed by atoms with Gasteiger partial charge in [0.2, 0.25) is 0 Å². The van der Waals surface area contributed by atoms with Crippen LogP contribution in [0.5, 0.6) is 0 Å². The van der Waals surface area contributed by atoms with Crippen molar-refractivity contribution in [3.05, 3.63) is 47.7 Å². The lowest BCUT2D eigenvalue weighted by Gasteiger charge is -2.38. The van der Waals surface area contributed by atoms with E-state index in [9.17, 15) is 19.8 Å². The van der Waals surface area contributed by atoms with Crippen LogP contribution in [0.15, 0.2) is 42.2 Å². The standard InChI is InChI=1S/C17H21NO5/c1-17(2,3)23-16(22)18-10-9-12(19)13(15(20)21)14(18)11-7-5-4-6-8-11/h4-9,13-14,19H,10H2,1-3H3,(H,20,21)/t13?,14-/m1/s1. The first-order valence-corrected chi connectivity index (χ1v) is 7.37. The number of amides is 1. The van der Waals surface area contributed by atoms with Crippen molar-refractivity contribution in [1.29, 1.82) is 0 Å². The van der Waals surface area contributed by atoms with Crippen molar-refractivity contribution in [2.45, 2.75) is 32.4 Å². The van der Waals surface area contributed by atoms with E-state index in [4.69, 9.17) is 4.74 Å². The van der Waals surface area contributed by atoms with Crippen LogP contribution in [0, 0.1) is 5.92 Å². The van der Waals surface area contributed by atoms with E-state index in [0.717, 1.165) is 0 Å². The molecule has 1 aliphatic rings. The van der Waals surface area contributed by atoms with Crippen LogP contribution in [-0.4, -0.2) is 39.3 Å². The van der Waals surface area contributed by atoms with Gasteiger partial charge < -0.3 is 14.9 Å². The second kappa shape index (κ2) is 6.32. The summed E-state index contributed by atoms with van der Waals surface area (Å²) in [7, 11) is 0. The topological polar surface area (TPSA) is 87.1 Å². The minimum Gasteiger partial charge on any atom is -0.512 e. The molecule has 0 saturated heterocycles. The van der Waals surface area contributed by atoms with E-state index in [1.54, 1.807) is 51.1 Å². The molecule has 1 aliphatic heterocycles. The fourth-order valence-electron chi connectivity index (χ4n) is 2.57. The normalized spacial score (nSPS) is 21.5. The summed E-state index contributed by atoms with van der Waals surface area (Å²) in [6.45, 7) is 5.32. The van der Waals surface area contributed by atoms with Crippen molar-refractivity contribution in [2.24, 2.45) is 5.92 Å². The number of nitrogens with zero attached hydrogens (tertiary/aromatic N) is 1. The third-order valence-electron chi connectivity index (χ3n) is 3.50. The van der Waals surface area contributed by atoms with Crippen molar-refractivity contribution in [3.8, 4) is 0 Å². The second-order valence-electron chi connectivity index (χ2n) is 6.43. The number of hydrogen-bond acceptors (Lipinski definition) is 4. The molecule has 0 fully saturated rings. The third-order valence-corrected chi connectivity index (χ3v) is 3.50. The summed E-state index contributed by atoms with van der Waals surface area (Å²) in [6, 6.07) is 7.96. The number of aliphatic hydroxyl groups is 1. The number of aliphatic hydroxyl groups excluding tert-OH is 1. The van der Waals surface area contributed by atoms with Gasteiger partial charge in [-0.3, -0.25) is 9.69 Å². The van der Waals surface area contributed by atoms with Gasteiger partial charge in [0.15, 0.2) is 0 Å². The van der Waals surface area contributed by atoms with Crippen LogP contribution in [0.2, 0.25) is 0 Å². The molecule has 1 unspecified atom stereocenters. The zero-order chi connectivity index (χ0) is 17.2. The molecule has 23 heavy (non-hydrogen) atoms. The number of carboxylic acid groups (broad SMARTS) is 1. The van der Waals surface area contributed by atoms with Gasteiger partial charge in [0, 0.05) is 6.54 Å². The Hall–Kier alpha value is -2.50. The van der Waals surface area contributed by atoms with Gasteiger partial charge in [0.05, 0.1) is 6.04 Å². The Bertz CT molecular complexity index is 618. The maximum absolute atomic E-state index is 12.5. The molecule has 6 nitrogen and oxygen atoms in total. The first-order chi connectivity index (χ1) is 10.7. The Balaban J connectivity index is 2.43.